The largest absolute Gasteiger partial charge is 0.384 e. The van der Waals surface area contributed by atoms with Crippen LogP contribution in [0.5, 0.6) is 0 Å². The molecule has 114 valence electrons. The van der Waals surface area contributed by atoms with Crippen molar-refractivity contribution in [2.75, 3.05) is 26.0 Å². The van der Waals surface area contributed by atoms with Crippen molar-refractivity contribution in [2.45, 2.75) is 18.9 Å². The van der Waals surface area contributed by atoms with Crippen molar-refractivity contribution in [1.82, 2.24) is 14.3 Å². The Kier molecular flexibility index (Phi) is 3.97. The Hall–Kier alpha value is -1.44. The molecular formula is C14H19N3O3S. The summed E-state index contributed by atoms with van der Waals surface area (Å²) in [6, 6.07) is 7.54. The molecule has 1 atom stereocenters. The zero-order chi connectivity index (χ0) is 14.9. The summed E-state index contributed by atoms with van der Waals surface area (Å²) >= 11 is 0. The van der Waals surface area contributed by atoms with Crippen LogP contribution in [0.2, 0.25) is 0 Å². The fourth-order valence-corrected chi connectivity index (χ4v) is 4.39. The van der Waals surface area contributed by atoms with E-state index in [0.717, 1.165) is 29.7 Å². The van der Waals surface area contributed by atoms with Crippen LogP contribution in [0.1, 0.15) is 24.7 Å². The van der Waals surface area contributed by atoms with Gasteiger partial charge in [-0.2, -0.15) is 4.31 Å². The molecule has 1 aliphatic rings. The maximum Gasteiger partial charge on any atom is 0.217 e. The first-order valence-electron chi connectivity index (χ1n) is 7.05. The quantitative estimate of drug-likeness (QED) is 0.911. The van der Waals surface area contributed by atoms with Crippen LogP contribution >= 0.6 is 0 Å². The standard InChI is InChI=1S/C14H19N3O3S/c1-20-9-10-21(18,19)17-8-4-7-13(17)14-15-11-5-2-3-6-12(11)16-14/h2-3,5-6,13H,4,7-10H2,1H3,(H,15,16)/t13-/m1/s1. The summed E-state index contributed by atoms with van der Waals surface area (Å²) < 4.78 is 31.2. The zero-order valence-corrected chi connectivity index (χ0v) is 12.8. The lowest BCUT2D eigenvalue weighted by atomic mass is 10.2. The third kappa shape index (κ3) is 2.81. The van der Waals surface area contributed by atoms with Crippen LogP contribution in [0.3, 0.4) is 0 Å². The number of nitrogens with zero attached hydrogens (tertiary/aromatic N) is 2. The summed E-state index contributed by atoms with van der Waals surface area (Å²) in [7, 11) is -1.80. The highest BCUT2D eigenvalue weighted by atomic mass is 32.2. The molecule has 2 heterocycles. The Morgan fingerprint density at radius 3 is 3.00 bits per heavy atom. The average molecular weight is 309 g/mol. The van der Waals surface area contributed by atoms with Gasteiger partial charge in [0.1, 0.15) is 5.82 Å². The van der Waals surface area contributed by atoms with E-state index in [1.807, 2.05) is 24.3 Å². The van der Waals surface area contributed by atoms with Crippen LogP contribution in [0, 0.1) is 0 Å². The number of hydrogen-bond acceptors (Lipinski definition) is 4. The first-order valence-corrected chi connectivity index (χ1v) is 8.66. The van der Waals surface area contributed by atoms with Crippen molar-refractivity contribution in [3.63, 3.8) is 0 Å². The van der Waals surface area contributed by atoms with Crippen molar-refractivity contribution in [3.05, 3.63) is 30.1 Å². The van der Waals surface area contributed by atoms with Gasteiger partial charge in [0.25, 0.3) is 0 Å². The molecule has 0 bridgehead atoms. The van der Waals surface area contributed by atoms with E-state index >= 15 is 0 Å². The van der Waals surface area contributed by atoms with Crippen LogP contribution in [-0.4, -0.2) is 48.7 Å². The third-order valence-electron chi connectivity index (χ3n) is 3.83. The van der Waals surface area contributed by atoms with E-state index in [9.17, 15) is 8.42 Å². The van der Waals surface area contributed by atoms with Crippen molar-refractivity contribution < 1.29 is 13.2 Å². The molecule has 1 N–H and O–H groups in total. The van der Waals surface area contributed by atoms with Crippen molar-refractivity contribution in [2.24, 2.45) is 0 Å². The molecule has 0 saturated carbocycles. The van der Waals surface area contributed by atoms with Gasteiger partial charge in [-0.05, 0) is 25.0 Å². The summed E-state index contributed by atoms with van der Waals surface area (Å²) in [6.07, 6.45) is 1.65. The van der Waals surface area contributed by atoms with Crippen LogP contribution in [-0.2, 0) is 14.8 Å². The molecule has 21 heavy (non-hydrogen) atoms. The number of hydrogen-bond donors (Lipinski definition) is 1. The van der Waals surface area contributed by atoms with Gasteiger partial charge >= 0.3 is 0 Å². The Labute approximate surface area is 124 Å². The van der Waals surface area contributed by atoms with Gasteiger partial charge in [0.15, 0.2) is 0 Å². The summed E-state index contributed by atoms with van der Waals surface area (Å²) in [5.74, 6) is 0.745. The molecule has 6 nitrogen and oxygen atoms in total. The maximum atomic E-state index is 12.4. The number of nitrogens with one attached hydrogen (secondary N) is 1. The van der Waals surface area contributed by atoms with E-state index in [1.54, 1.807) is 4.31 Å². The summed E-state index contributed by atoms with van der Waals surface area (Å²) in [6.45, 7) is 0.763. The molecule has 0 unspecified atom stereocenters. The molecule has 1 saturated heterocycles. The number of imidazole rings is 1. The van der Waals surface area contributed by atoms with Crippen LogP contribution in [0.4, 0.5) is 0 Å². The van der Waals surface area contributed by atoms with Gasteiger partial charge in [-0.3, -0.25) is 0 Å². The number of rotatable bonds is 5. The molecule has 1 fully saturated rings. The minimum atomic E-state index is -3.31. The molecule has 1 aromatic heterocycles. The minimum absolute atomic E-state index is 0.0141. The van der Waals surface area contributed by atoms with Crippen LogP contribution < -0.4 is 0 Å². The van der Waals surface area contributed by atoms with E-state index in [4.69, 9.17) is 4.74 Å². The van der Waals surface area contributed by atoms with Gasteiger partial charge < -0.3 is 9.72 Å². The smallest absolute Gasteiger partial charge is 0.217 e. The highest BCUT2D eigenvalue weighted by Crippen LogP contribution is 2.33. The van der Waals surface area contributed by atoms with Crippen molar-refractivity contribution in [3.8, 4) is 0 Å². The molecular weight excluding hydrogens is 290 g/mol. The number of fused-ring (bicyclic) bond motifs is 1. The molecule has 1 aromatic carbocycles. The number of aromatic nitrogens is 2. The van der Waals surface area contributed by atoms with E-state index < -0.39 is 10.0 Å². The molecule has 0 aliphatic carbocycles. The van der Waals surface area contributed by atoms with Gasteiger partial charge in [-0.1, -0.05) is 12.1 Å². The molecule has 2 aromatic rings. The number of benzene rings is 1. The van der Waals surface area contributed by atoms with Gasteiger partial charge in [0.2, 0.25) is 10.0 Å². The molecule has 0 spiro atoms. The topological polar surface area (TPSA) is 75.3 Å². The maximum absolute atomic E-state index is 12.4. The number of para-hydroxylation sites is 2. The number of aromatic amines is 1. The number of methoxy groups -OCH3 is 1. The number of sulfonamides is 1. The summed E-state index contributed by atoms with van der Waals surface area (Å²) in [4.78, 5) is 7.79. The lowest BCUT2D eigenvalue weighted by molar-refractivity contribution is 0.215. The van der Waals surface area contributed by atoms with Gasteiger partial charge in [0, 0.05) is 13.7 Å². The number of H-pyrrole nitrogens is 1. The molecule has 0 amide bonds. The fraction of sp³-hybridized carbons (Fsp3) is 0.500. The minimum Gasteiger partial charge on any atom is -0.384 e. The van der Waals surface area contributed by atoms with E-state index in [0.29, 0.717) is 6.54 Å². The second-order valence-corrected chi connectivity index (χ2v) is 7.26. The molecule has 1 aliphatic heterocycles. The highest BCUT2D eigenvalue weighted by molar-refractivity contribution is 7.89. The first-order chi connectivity index (χ1) is 10.1. The number of ether oxygens (including phenoxy) is 1. The van der Waals surface area contributed by atoms with E-state index in [-0.39, 0.29) is 18.4 Å². The first kappa shape index (κ1) is 14.5. The SMILES string of the molecule is COCCS(=O)(=O)N1CCC[C@@H]1c1nc2ccccc2[nH]1. The Balaban J connectivity index is 1.90. The Morgan fingerprint density at radius 2 is 2.24 bits per heavy atom. The van der Waals surface area contributed by atoms with Crippen LogP contribution in [0.15, 0.2) is 24.3 Å². The predicted octanol–water partition coefficient (Wildman–Crippen LogP) is 1.68. The average Bonchev–Trinajstić information content (AvgIpc) is 3.11. The summed E-state index contributed by atoms with van der Waals surface area (Å²) in [5.41, 5.74) is 1.81. The van der Waals surface area contributed by atoms with Crippen molar-refractivity contribution >= 4 is 21.1 Å². The Morgan fingerprint density at radius 1 is 1.43 bits per heavy atom. The van der Waals surface area contributed by atoms with E-state index in [2.05, 4.69) is 9.97 Å². The summed E-state index contributed by atoms with van der Waals surface area (Å²) in [5, 5.41) is 0. The Bertz CT molecular complexity index is 693. The van der Waals surface area contributed by atoms with Gasteiger partial charge in [-0.25, -0.2) is 13.4 Å². The molecule has 7 heteroatoms. The lowest BCUT2D eigenvalue weighted by Gasteiger charge is -2.22. The van der Waals surface area contributed by atoms with Gasteiger partial charge in [-0.15, -0.1) is 0 Å². The monoisotopic (exact) mass is 309 g/mol. The van der Waals surface area contributed by atoms with Crippen molar-refractivity contribution in [1.29, 1.82) is 0 Å². The third-order valence-corrected chi connectivity index (χ3v) is 5.66. The fourth-order valence-electron chi connectivity index (χ4n) is 2.78. The van der Waals surface area contributed by atoms with Crippen LogP contribution in [0.25, 0.3) is 11.0 Å². The zero-order valence-electron chi connectivity index (χ0n) is 11.9. The van der Waals surface area contributed by atoms with Gasteiger partial charge in [0.05, 0.1) is 29.4 Å². The van der Waals surface area contributed by atoms with E-state index in [1.165, 1.54) is 7.11 Å². The lowest BCUT2D eigenvalue weighted by Crippen LogP contribution is -2.34. The molecule has 3 rings (SSSR count). The predicted molar refractivity (Wildman–Crippen MR) is 80.4 cm³/mol. The second kappa shape index (κ2) is 5.75. The normalized spacial score (nSPS) is 20.3. The highest BCUT2D eigenvalue weighted by Gasteiger charge is 2.36. The second-order valence-electron chi connectivity index (χ2n) is 5.22. The molecule has 0 radical (unpaired) electrons.